The predicted octanol–water partition coefficient (Wildman–Crippen LogP) is 5.21. The van der Waals surface area contributed by atoms with Crippen molar-refractivity contribution in [1.82, 2.24) is 9.97 Å². The molecule has 0 radical (unpaired) electrons. The van der Waals surface area contributed by atoms with Crippen LogP contribution in [-0.4, -0.2) is 29.6 Å². The van der Waals surface area contributed by atoms with Crippen molar-refractivity contribution in [2.75, 3.05) is 34.8 Å². The van der Waals surface area contributed by atoms with E-state index in [1.54, 1.807) is 0 Å². The first-order valence-electron chi connectivity index (χ1n) is 10.6. The van der Waals surface area contributed by atoms with E-state index in [2.05, 4.69) is 63.6 Å². The molecule has 2 aliphatic heterocycles. The lowest BCUT2D eigenvalue weighted by Crippen LogP contribution is -2.26. The Morgan fingerprint density at radius 3 is 2.48 bits per heavy atom. The summed E-state index contributed by atoms with van der Waals surface area (Å²) in [4.78, 5) is 14.3. The van der Waals surface area contributed by atoms with Gasteiger partial charge in [0.1, 0.15) is 5.82 Å². The number of fused-ring (bicyclic) bond motifs is 1. The Morgan fingerprint density at radius 1 is 0.862 bits per heavy atom. The molecule has 0 spiro atoms. The minimum Gasteiger partial charge on any atom is -0.372 e. The minimum atomic E-state index is 0.772. The van der Waals surface area contributed by atoms with Gasteiger partial charge in [0.2, 0.25) is 5.95 Å². The van der Waals surface area contributed by atoms with Gasteiger partial charge >= 0.3 is 0 Å². The highest BCUT2D eigenvalue weighted by Crippen LogP contribution is 2.32. The second-order valence-electron chi connectivity index (χ2n) is 7.94. The third kappa shape index (κ3) is 3.77. The van der Waals surface area contributed by atoms with Crippen LogP contribution in [0.25, 0.3) is 0 Å². The number of anilines is 5. The van der Waals surface area contributed by atoms with Gasteiger partial charge in [0.25, 0.3) is 0 Å². The van der Waals surface area contributed by atoms with Crippen LogP contribution in [0.5, 0.6) is 0 Å². The number of nitrogens with zero attached hydrogens (tertiary/aromatic N) is 4. The van der Waals surface area contributed by atoms with Gasteiger partial charge < -0.3 is 15.1 Å². The molecule has 2 aromatic carbocycles. The standard InChI is InChI=1S/C24H27N5/c1-18-17-23(26-20-10-12-21(13-11-20)28-14-4-5-15-28)27-24(25-18)29-16-6-8-19-7-2-3-9-22(19)29/h2-3,7,9-13,17H,4-6,8,14-16H2,1H3,(H,25,26,27). The SMILES string of the molecule is Cc1cc(Nc2ccc(N3CCCC3)cc2)nc(N2CCCc3ccccc32)n1. The van der Waals surface area contributed by atoms with Gasteiger partial charge in [-0.3, -0.25) is 0 Å². The van der Waals surface area contributed by atoms with Crippen LogP contribution < -0.4 is 15.1 Å². The molecule has 0 atom stereocenters. The number of nitrogens with one attached hydrogen (secondary N) is 1. The Balaban J connectivity index is 1.39. The first-order chi connectivity index (χ1) is 14.3. The van der Waals surface area contributed by atoms with Crippen molar-refractivity contribution in [3.05, 3.63) is 65.9 Å². The summed E-state index contributed by atoms with van der Waals surface area (Å²) in [6.07, 6.45) is 4.83. The van der Waals surface area contributed by atoms with Crippen LogP contribution in [0.1, 0.15) is 30.5 Å². The fourth-order valence-corrected chi connectivity index (χ4v) is 4.36. The first-order valence-corrected chi connectivity index (χ1v) is 10.6. The number of para-hydroxylation sites is 1. The Kier molecular flexibility index (Phi) is 4.80. The van der Waals surface area contributed by atoms with E-state index in [1.807, 2.05) is 13.0 Å². The van der Waals surface area contributed by atoms with Crippen molar-refractivity contribution >= 4 is 28.8 Å². The first kappa shape index (κ1) is 18.0. The zero-order valence-electron chi connectivity index (χ0n) is 16.9. The highest BCUT2D eigenvalue weighted by atomic mass is 15.3. The average Bonchev–Trinajstić information content (AvgIpc) is 3.28. The van der Waals surface area contributed by atoms with Crippen LogP contribution in [0, 0.1) is 6.92 Å². The molecule has 0 saturated carbocycles. The molecule has 29 heavy (non-hydrogen) atoms. The Bertz CT molecular complexity index is 992. The third-order valence-electron chi connectivity index (χ3n) is 5.81. The van der Waals surface area contributed by atoms with E-state index in [4.69, 9.17) is 9.97 Å². The Hall–Kier alpha value is -3.08. The van der Waals surface area contributed by atoms with Crippen LogP contribution in [0.2, 0.25) is 0 Å². The summed E-state index contributed by atoms with van der Waals surface area (Å²) >= 11 is 0. The summed E-state index contributed by atoms with van der Waals surface area (Å²) < 4.78 is 0. The highest BCUT2D eigenvalue weighted by molar-refractivity contribution is 5.66. The topological polar surface area (TPSA) is 44.3 Å². The molecule has 0 bridgehead atoms. The normalized spacial score (nSPS) is 16.0. The van der Waals surface area contributed by atoms with Crippen molar-refractivity contribution in [2.45, 2.75) is 32.6 Å². The lowest BCUT2D eigenvalue weighted by molar-refractivity contribution is 0.749. The number of hydrogen-bond acceptors (Lipinski definition) is 5. The summed E-state index contributed by atoms with van der Waals surface area (Å²) in [5.41, 5.74) is 5.92. The molecule has 1 fully saturated rings. The summed E-state index contributed by atoms with van der Waals surface area (Å²) in [6, 6.07) is 19.3. The van der Waals surface area contributed by atoms with E-state index in [0.717, 1.165) is 42.5 Å². The van der Waals surface area contributed by atoms with E-state index in [9.17, 15) is 0 Å². The van der Waals surface area contributed by atoms with Crippen molar-refractivity contribution in [1.29, 1.82) is 0 Å². The molecular formula is C24H27N5. The number of rotatable bonds is 4. The fourth-order valence-electron chi connectivity index (χ4n) is 4.36. The van der Waals surface area contributed by atoms with Gasteiger partial charge in [0, 0.05) is 48.5 Å². The molecule has 0 aliphatic carbocycles. The minimum absolute atomic E-state index is 0.772. The zero-order valence-corrected chi connectivity index (χ0v) is 16.9. The van der Waals surface area contributed by atoms with Gasteiger partial charge in [-0.2, -0.15) is 4.98 Å². The van der Waals surface area contributed by atoms with Crippen molar-refractivity contribution < 1.29 is 0 Å². The molecule has 1 aromatic heterocycles. The highest BCUT2D eigenvalue weighted by Gasteiger charge is 2.20. The molecule has 5 nitrogen and oxygen atoms in total. The van der Waals surface area contributed by atoms with E-state index in [-0.39, 0.29) is 0 Å². The molecule has 5 rings (SSSR count). The van der Waals surface area contributed by atoms with Crippen LogP contribution >= 0.6 is 0 Å². The number of aryl methyl sites for hydroxylation is 2. The van der Waals surface area contributed by atoms with Gasteiger partial charge in [0.05, 0.1) is 0 Å². The molecule has 1 saturated heterocycles. The zero-order chi connectivity index (χ0) is 19.6. The number of hydrogen-bond donors (Lipinski definition) is 1. The van der Waals surface area contributed by atoms with Gasteiger partial charge in [-0.1, -0.05) is 18.2 Å². The lowest BCUT2D eigenvalue weighted by atomic mass is 10.0. The van der Waals surface area contributed by atoms with E-state index < -0.39 is 0 Å². The average molecular weight is 386 g/mol. The smallest absolute Gasteiger partial charge is 0.232 e. The van der Waals surface area contributed by atoms with Crippen LogP contribution in [0.3, 0.4) is 0 Å². The Morgan fingerprint density at radius 2 is 1.66 bits per heavy atom. The maximum atomic E-state index is 4.84. The lowest BCUT2D eigenvalue weighted by Gasteiger charge is -2.29. The van der Waals surface area contributed by atoms with Gasteiger partial charge in [0.15, 0.2) is 0 Å². The van der Waals surface area contributed by atoms with Crippen molar-refractivity contribution in [3.63, 3.8) is 0 Å². The summed E-state index contributed by atoms with van der Waals surface area (Å²) in [5, 5.41) is 3.47. The number of benzene rings is 2. The van der Waals surface area contributed by atoms with E-state index >= 15 is 0 Å². The quantitative estimate of drug-likeness (QED) is 0.668. The molecule has 0 unspecified atom stereocenters. The van der Waals surface area contributed by atoms with E-state index in [1.165, 1.54) is 42.9 Å². The predicted molar refractivity (Wildman–Crippen MR) is 120 cm³/mol. The molecule has 3 aromatic rings. The van der Waals surface area contributed by atoms with Gasteiger partial charge in [-0.25, -0.2) is 4.98 Å². The second-order valence-corrected chi connectivity index (χ2v) is 7.94. The molecule has 1 N–H and O–H groups in total. The summed E-state index contributed by atoms with van der Waals surface area (Å²) in [6.45, 7) is 5.31. The summed E-state index contributed by atoms with van der Waals surface area (Å²) in [7, 11) is 0. The second kappa shape index (κ2) is 7.74. The third-order valence-corrected chi connectivity index (χ3v) is 5.81. The van der Waals surface area contributed by atoms with Gasteiger partial charge in [-0.15, -0.1) is 0 Å². The largest absolute Gasteiger partial charge is 0.372 e. The number of aromatic nitrogens is 2. The molecule has 0 amide bonds. The van der Waals surface area contributed by atoms with Crippen molar-refractivity contribution in [3.8, 4) is 0 Å². The monoisotopic (exact) mass is 385 g/mol. The molecule has 2 aliphatic rings. The van der Waals surface area contributed by atoms with Crippen LogP contribution in [-0.2, 0) is 6.42 Å². The molecule has 3 heterocycles. The summed E-state index contributed by atoms with van der Waals surface area (Å²) in [5.74, 6) is 1.61. The van der Waals surface area contributed by atoms with Gasteiger partial charge in [-0.05, 0) is 68.5 Å². The maximum Gasteiger partial charge on any atom is 0.232 e. The van der Waals surface area contributed by atoms with Crippen LogP contribution in [0.4, 0.5) is 28.8 Å². The molecule has 5 heteroatoms. The molecular weight excluding hydrogens is 358 g/mol. The maximum absolute atomic E-state index is 4.84. The van der Waals surface area contributed by atoms with E-state index in [0.29, 0.717) is 0 Å². The van der Waals surface area contributed by atoms with Crippen molar-refractivity contribution in [2.24, 2.45) is 0 Å². The van der Waals surface area contributed by atoms with Crippen LogP contribution in [0.15, 0.2) is 54.6 Å². The molecule has 148 valence electrons. The Labute approximate surface area is 172 Å². The fraction of sp³-hybridized carbons (Fsp3) is 0.333.